The number of benzene rings is 1. The Kier molecular flexibility index (Phi) is 7.96. The minimum Gasteiger partial charge on any atom is -0.486 e. The summed E-state index contributed by atoms with van der Waals surface area (Å²) in [6.07, 6.45) is 1.27. The molecule has 3 N–H and O–H groups in total. The van der Waals surface area contributed by atoms with Gasteiger partial charge < -0.3 is 25.2 Å². The second kappa shape index (κ2) is 10.5. The first-order chi connectivity index (χ1) is 15.2. The lowest BCUT2D eigenvalue weighted by Crippen LogP contribution is -2.56. The highest BCUT2D eigenvalue weighted by Gasteiger charge is 2.50. The van der Waals surface area contributed by atoms with Crippen LogP contribution in [0.3, 0.4) is 0 Å². The van der Waals surface area contributed by atoms with E-state index in [4.69, 9.17) is 9.84 Å². The Balaban J connectivity index is 2.01. The molecular formula is C25H36N2O5. The van der Waals surface area contributed by atoms with Crippen molar-refractivity contribution in [2.24, 2.45) is 11.8 Å². The van der Waals surface area contributed by atoms with Crippen molar-refractivity contribution in [3.8, 4) is 5.75 Å². The summed E-state index contributed by atoms with van der Waals surface area (Å²) in [7, 11) is 0. The molecule has 1 aromatic rings. The zero-order chi connectivity index (χ0) is 23.4. The standard InChI is InChI=1S/C25H36N2O5/c1-15(2)9-11-27(21(29)13-16(3)4)19-14-18(25(31)26-10-12-28)22-17-7-5-6-8-20(17)32-24(22)23(19)30/h5-8,14-16,19,22-24,28,30H,9-13H2,1-4H3,(H,26,31)/t19-,22+,23+,24+/m1/s1. The Hall–Kier alpha value is -2.38. The average Bonchev–Trinajstić information content (AvgIpc) is 3.13. The van der Waals surface area contributed by atoms with Crippen molar-refractivity contribution in [1.82, 2.24) is 10.2 Å². The van der Waals surface area contributed by atoms with E-state index in [9.17, 15) is 14.7 Å². The molecule has 1 heterocycles. The van der Waals surface area contributed by atoms with Gasteiger partial charge in [0.25, 0.3) is 0 Å². The summed E-state index contributed by atoms with van der Waals surface area (Å²) in [6.45, 7) is 8.64. The molecule has 1 aliphatic carbocycles. The maximum absolute atomic E-state index is 13.2. The number of aliphatic hydroxyl groups is 2. The maximum atomic E-state index is 13.2. The van der Waals surface area contributed by atoms with E-state index in [0.717, 1.165) is 12.0 Å². The van der Waals surface area contributed by atoms with Crippen molar-refractivity contribution >= 4 is 11.8 Å². The first-order valence-electron chi connectivity index (χ1n) is 11.6. The number of carbonyl (C=O) groups excluding carboxylic acids is 2. The zero-order valence-electron chi connectivity index (χ0n) is 19.5. The Morgan fingerprint density at radius 3 is 2.53 bits per heavy atom. The summed E-state index contributed by atoms with van der Waals surface area (Å²) in [5.41, 5.74) is 1.32. The van der Waals surface area contributed by atoms with Crippen molar-refractivity contribution in [1.29, 1.82) is 0 Å². The van der Waals surface area contributed by atoms with Crippen LogP contribution in [0.4, 0.5) is 0 Å². The van der Waals surface area contributed by atoms with E-state index in [0.29, 0.717) is 30.2 Å². The van der Waals surface area contributed by atoms with E-state index in [1.54, 1.807) is 11.0 Å². The predicted octanol–water partition coefficient (Wildman–Crippen LogP) is 2.23. The molecule has 0 unspecified atom stereocenters. The molecule has 0 spiro atoms. The molecule has 2 aliphatic rings. The van der Waals surface area contributed by atoms with Gasteiger partial charge in [-0.15, -0.1) is 0 Å². The molecule has 0 saturated carbocycles. The van der Waals surface area contributed by atoms with Crippen molar-refractivity contribution < 1.29 is 24.5 Å². The highest BCUT2D eigenvalue weighted by molar-refractivity contribution is 5.96. The molecule has 0 aromatic heterocycles. The van der Waals surface area contributed by atoms with Crippen LogP contribution in [0.1, 0.15) is 52.0 Å². The van der Waals surface area contributed by atoms with E-state index >= 15 is 0 Å². The lowest BCUT2D eigenvalue weighted by atomic mass is 9.77. The quantitative estimate of drug-likeness (QED) is 0.543. The third-order valence-corrected chi connectivity index (χ3v) is 6.09. The molecule has 7 nitrogen and oxygen atoms in total. The van der Waals surface area contributed by atoms with Gasteiger partial charge in [0.05, 0.1) is 18.6 Å². The second-order valence-corrected chi connectivity index (χ2v) is 9.55. The summed E-state index contributed by atoms with van der Waals surface area (Å²) >= 11 is 0. The highest BCUT2D eigenvalue weighted by atomic mass is 16.5. The minimum atomic E-state index is -0.968. The van der Waals surface area contributed by atoms with Crippen molar-refractivity contribution in [2.45, 2.75) is 64.7 Å². The smallest absolute Gasteiger partial charge is 0.247 e. The van der Waals surface area contributed by atoms with E-state index < -0.39 is 24.2 Å². The Morgan fingerprint density at radius 1 is 1.16 bits per heavy atom. The molecule has 0 saturated heterocycles. The number of fused-ring (bicyclic) bond motifs is 3. The zero-order valence-corrected chi connectivity index (χ0v) is 19.5. The first kappa shape index (κ1) is 24.3. The molecule has 32 heavy (non-hydrogen) atoms. The Labute approximate surface area is 190 Å². The maximum Gasteiger partial charge on any atom is 0.247 e. The van der Waals surface area contributed by atoms with Gasteiger partial charge in [0, 0.05) is 30.6 Å². The number of hydrogen-bond acceptors (Lipinski definition) is 5. The number of nitrogens with one attached hydrogen (secondary N) is 1. The monoisotopic (exact) mass is 444 g/mol. The molecule has 0 bridgehead atoms. The third kappa shape index (κ3) is 5.15. The summed E-state index contributed by atoms with van der Waals surface area (Å²) in [5, 5.41) is 23.3. The fourth-order valence-corrected chi connectivity index (χ4v) is 4.49. The molecule has 176 valence electrons. The fourth-order valence-electron chi connectivity index (χ4n) is 4.49. The molecule has 3 rings (SSSR count). The van der Waals surface area contributed by atoms with Gasteiger partial charge in [0.2, 0.25) is 11.8 Å². The molecule has 1 aliphatic heterocycles. The lowest BCUT2D eigenvalue weighted by Gasteiger charge is -2.41. The minimum absolute atomic E-state index is 0.0370. The summed E-state index contributed by atoms with van der Waals surface area (Å²) in [6, 6.07) is 6.81. The van der Waals surface area contributed by atoms with Crippen LogP contribution in [-0.4, -0.2) is 64.9 Å². The second-order valence-electron chi connectivity index (χ2n) is 9.55. The van der Waals surface area contributed by atoms with Gasteiger partial charge in [-0.3, -0.25) is 9.59 Å². The number of para-hydroxylation sites is 1. The molecule has 0 radical (unpaired) electrons. The van der Waals surface area contributed by atoms with Gasteiger partial charge >= 0.3 is 0 Å². The molecular weight excluding hydrogens is 408 g/mol. The van der Waals surface area contributed by atoms with Crippen LogP contribution in [0.25, 0.3) is 0 Å². The van der Waals surface area contributed by atoms with E-state index in [2.05, 4.69) is 19.2 Å². The summed E-state index contributed by atoms with van der Waals surface area (Å²) < 4.78 is 6.12. The summed E-state index contributed by atoms with van der Waals surface area (Å²) in [4.78, 5) is 28.0. The number of amides is 2. The van der Waals surface area contributed by atoms with Crippen molar-refractivity contribution in [3.63, 3.8) is 0 Å². The van der Waals surface area contributed by atoms with Crippen LogP contribution in [0.2, 0.25) is 0 Å². The average molecular weight is 445 g/mol. The molecule has 7 heteroatoms. The number of rotatable bonds is 9. The SMILES string of the molecule is CC(C)CCN(C(=O)CC(C)C)[C@@H]1C=C(C(=O)NCCO)[C@@H]2c3ccccc3O[C@@H]2[C@H]1O. The first-order valence-corrected chi connectivity index (χ1v) is 11.6. The van der Waals surface area contributed by atoms with Gasteiger partial charge in [0.1, 0.15) is 18.0 Å². The van der Waals surface area contributed by atoms with Gasteiger partial charge in [-0.2, -0.15) is 0 Å². The summed E-state index contributed by atoms with van der Waals surface area (Å²) in [5.74, 6) is 0.437. The van der Waals surface area contributed by atoms with Crippen molar-refractivity contribution in [3.05, 3.63) is 41.5 Å². The Morgan fingerprint density at radius 2 is 1.88 bits per heavy atom. The topological polar surface area (TPSA) is 99.1 Å². The van der Waals surface area contributed by atoms with E-state index in [-0.39, 0.29) is 30.9 Å². The van der Waals surface area contributed by atoms with Crippen LogP contribution in [0.15, 0.2) is 35.9 Å². The Bertz CT molecular complexity index is 850. The van der Waals surface area contributed by atoms with E-state index in [1.165, 1.54) is 0 Å². The normalized spacial score (nSPS) is 23.9. The fraction of sp³-hybridized carbons (Fsp3) is 0.600. The number of carbonyl (C=O) groups is 2. The number of ether oxygens (including phenoxy) is 1. The highest BCUT2D eigenvalue weighted by Crippen LogP contribution is 2.47. The van der Waals surface area contributed by atoms with Gasteiger partial charge in [-0.05, 0) is 30.4 Å². The van der Waals surface area contributed by atoms with Crippen LogP contribution >= 0.6 is 0 Å². The van der Waals surface area contributed by atoms with Gasteiger partial charge in [-0.25, -0.2) is 0 Å². The largest absolute Gasteiger partial charge is 0.486 e. The molecule has 2 amide bonds. The van der Waals surface area contributed by atoms with Crippen LogP contribution in [0.5, 0.6) is 5.75 Å². The van der Waals surface area contributed by atoms with Gasteiger partial charge in [0.15, 0.2) is 0 Å². The third-order valence-electron chi connectivity index (χ3n) is 6.09. The number of hydrogen-bond donors (Lipinski definition) is 3. The molecule has 1 aromatic carbocycles. The van der Waals surface area contributed by atoms with Crippen LogP contribution in [0, 0.1) is 11.8 Å². The lowest BCUT2D eigenvalue weighted by molar-refractivity contribution is -0.138. The number of aliphatic hydroxyl groups excluding tert-OH is 2. The van der Waals surface area contributed by atoms with Crippen molar-refractivity contribution in [2.75, 3.05) is 19.7 Å². The molecule has 4 atom stereocenters. The van der Waals surface area contributed by atoms with Crippen LogP contribution < -0.4 is 10.1 Å². The van der Waals surface area contributed by atoms with Gasteiger partial charge in [-0.1, -0.05) is 45.9 Å². The predicted molar refractivity (Wildman–Crippen MR) is 122 cm³/mol. The van der Waals surface area contributed by atoms with Crippen LogP contribution in [-0.2, 0) is 9.59 Å². The van der Waals surface area contributed by atoms with E-state index in [1.807, 2.05) is 38.1 Å². The number of nitrogens with zero attached hydrogens (tertiary/aromatic N) is 1. The molecule has 0 fully saturated rings.